The van der Waals surface area contributed by atoms with Gasteiger partial charge in [0.05, 0.1) is 13.1 Å². The molecular formula is C28H42N4O6. The summed E-state index contributed by atoms with van der Waals surface area (Å²) in [6, 6.07) is 6.17. The minimum Gasteiger partial charge on any atom is -0.458 e. The van der Waals surface area contributed by atoms with E-state index in [9.17, 15) is 19.2 Å². The first-order valence-electron chi connectivity index (χ1n) is 13.4. The Morgan fingerprint density at radius 1 is 0.763 bits per heavy atom. The second kappa shape index (κ2) is 12.0. The average molecular weight is 531 g/mol. The van der Waals surface area contributed by atoms with Crippen LogP contribution < -0.4 is 10.6 Å². The number of hydrogen-bond donors (Lipinski definition) is 2. The van der Waals surface area contributed by atoms with Gasteiger partial charge in [0.2, 0.25) is 11.8 Å². The monoisotopic (exact) mass is 530 g/mol. The fraction of sp³-hybridized carbons (Fsp3) is 0.643. The molecule has 10 nitrogen and oxygen atoms in total. The highest BCUT2D eigenvalue weighted by Crippen LogP contribution is 2.23. The van der Waals surface area contributed by atoms with Crippen LogP contribution in [-0.4, -0.2) is 83.0 Å². The third-order valence-electron chi connectivity index (χ3n) is 6.25. The molecule has 0 saturated carbocycles. The van der Waals surface area contributed by atoms with Gasteiger partial charge in [-0.3, -0.25) is 9.59 Å². The van der Waals surface area contributed by atoms with Crippen LogP contribution in [0, 0.1) is 0 Å². The average Bonchev–Trinajstić information content (AvgIpc) is 3.49. The van der Waals surface area contributed by atoms with Gasteiger partial charge < -0.3 is 29.9 Å². The van der Waals surface area contributed by atoms with Crippen LogP contribution in [0.1, 0.15) is 67.2 Å². The van der Waals surface area contributed by atoms with Crippen LogP contribution in [0.3, 0.4) is 0 Å². The van der Waals surface area contributed by atoms with E-state index in [0.717, 1.165) is 12.8 Å². The first-order chi connectivity index (χ1) is 17.7. The van der Waals surface area contributed by atoms with Gasteiger partial charge in [-0.1, -0.05) is 6.07 Å². The Kier molecular flexibility index (Phi) is 9.27. The van der Waals surface area contributed by atoms with Crippen LogP contribution in [0.4, 0.5) is 11.4 Å². The molecule has 38 heavy (non-hydrogen) atoms. The summed E-state index contributed by atoms with van der Waals surface area (Å²) >= 11 is 0. The number of esters is 2. The summed E-state index contributed by atoms with van der Waals surface area (Å²) in [6.07, 6.45) is 2.71. The first kappa shape index (κ1) is 29.3. The number of nitrogens with one attached hydrogen (secondary N) is 2. The summed E-state index contributed by atoms with van der Waals surface area (Å²) in [5.74, 6) is -1.08. The Bertz CT molecular complexity index is 952. The highest BCUT2D eigenvalue weighted by atomic mass is 16.6. The largest absolute Gasteiger partial charge is 0.458 e. The molecule has 3 rings (SSSR count). The minimum atomic E-state index is -0.604. The molecule has 1 aromatic carbocycles. The zero-order valence-electron chi connectivity index (χ0n) is 23.5. The molecule has 2 saturated heterocycles. The number of carbonyl (C=O) groups is 4. The Morgan fingerprint density at radius 3 is 1.53 bits per heavy atom. The lowest BCUT2D eigenvalue weighted by Gasteiger charge is -2.27. The second-order valence-electron chi connectivity index (χ2n) is 11.8. The highest BCUT2D eigenvalue weighted by molar-refractivity contribution is 5.89. The summed E-state index contributed by atoms with van der Waals surface area (Å²) in [5.41, 5.74) is 0.202. The maximum absolute atomic E-state index is 12.9. The minimum absolute atomic E-state index is 0.0347. The Hall–Kier alpha value is -3.30. The third-order valence-corrected chi connectivity index (χ3v) is 6.25. The zero-order chi connectivity index (χ0) is 28.1. The SMILES string of the molecule is CC(C)(C)OC(=O)C1CCCN1C(=O)CNc1cccc(NCC(=O)N2CCCC2C(=O)OC(C)(C)C)c1. The standard InChI is InChI=1S/C28H42N4O6/c1-27(2,3)37-25(35)21-12-8-14-31(21)23(33)17-29-19-10-7-11-20(16-19)30-18-24(34)32-15-9-13-22(32)26(36)38-28(4,5)6/h7,10-11,16,21-22,29-30H,8-9,12-15,17-18H2,1-6H3. The van der Waals surface area contributed by atoms with Crippen molar-refractivity contribution in [3.8, 4) is 0 Å². The van der Waals surface area contributed by atoms with Crippen molar-refractivity contribution in [1.82, 2.24) is 9.80 Å². The van der Waals surface area contributed by atoms with Gasteiger partial charge in [0.15, 0.2) is 0 Å². The van der Waals surface area contributed by atoms with Gasteiger partial charge in [0, 0.05) is 24.5 Å². The van der Waals surface area contributed by atoms with Crippen LogP contribution >= 0.6 is 0 Å². The van der Waals surface area contributed by atoms with E-state index in [-0.39, 0.29) is 36.8 Å². The molecule has 210 valence electrons. The molecule has 0 bridgehead atoms. The highest BCUT2D eigenvalue weighted by Gasteiger charge is 2.37. The maximum atomic E-state index is 12.9. The fourth-order valence-electron chi connectivity index (χ4n) is 4.66. The number of hydrogen-bond acceptors (Lipinski definition) is 8. The molecule has 10 heteroatoms. The number of amides is 2. The molecular weight excluding hydrogens is 488 g/mol. The molecule has 0 aromatic heterocycles. The van der Waals surface area contributed by atoms with E-state index in [4.69, 9.17) is 9.47 Å². The molecule has 1 aromatic rings. The lowest BCUT2D eigenvalue weighted by Crippen LogP contribution is -2.45. The summed E-state index contributed by atoms with van der Waals surface area (Å²) in [7, 11) is 0. The van der Waals surface area contributed by atoms with Crippen molar-refractivity contribution >= 4 is 35.1 Å². The molecule has 2 fully saturated rings. The normalized spacial score (nSPS) is 19.7. The lowest BCUT2D eigenvalue weighted by atomic mass is 10.1. The van der Waals surface area contributed by atoms with Gasteiger partial charge in [-0.2, -0.15) is 0 Å². The number of anilines is 2. The molecule has 0 radical (unpaired) electrons. The molecule has 2 heterocycles. The molecule has 2 aliphatic heterocycles. The van der Waals surface area contributed by atoms with Gasteiger partial charge in [0.25, 0.3) is 0 Å². The van der Waals surface area contributed by atoms with Gasteiger partial charge in [-0.25, -0.2) is 9.59 Å². The van der Waals surface area contributed by atoms with Crippen LogP contribution in [0.5, 0.6) is 0 Å². The first-order valence-corrected chi connectivity index (χ1v) is 13.4. The van der Waals surface area contributed by atoms with Crippen LogP contribution in [-0.2, 0) is 28.7 Å². The topological polar surface area (TPSA) is 117 Å². The lowest BCUT2D eigenvalue weighted by molar-refractivity contribution is -0.163. The molecule has 0 aliphatic carbocycles. The van der Waals surface area contributed by atoms with Crippen molar-refractivity contribution in [1.29, 1.82) is 0 Å². The van der Waals surface area contributed by atoms with Crippen LogP contribution in [0.2, 0.25) is 0 Å². The number of rotatable bonds is 8. The van der Waals surface area contributed by atoms with Crippen LogP contribution in [0.25, 0.3) is 0 Å². The maximum Gasteiger partial charge on any atom is 0.329 e. The Morgan fingerprint density at radius 2 is 1.16 bits per heavy atom. The van der Waals surface area contributed by atoms with Crippen molar-refractivity contribution in [2.45, 2.75) is 90.5 Å². The molecule has 2 aliphatic rings. The summed E-state index contributed by atoms with van der Waals surface area (Å²) < 4.78 is 11.0. The Labute approximate surface area is 225 Å². The predicted molar refractivity (Wildman–Crippen MR) is 145 cm³/mol. The van der Waals surface area contributed by atoms with Crippen LogP contribution in [0.15, 0.2) is 24.3 Å². The second-order valence-corrected chi connectivity index (χ2v) is 11.8. The van der Waals surface area contributed by atoms with E-state index in [2.05, 4.69) is 10.6 Å². The van der Waals surface area contributed by atoms with Gasteiger partial charge >= 0.3 is 11.9 Å². The fourth-order valence-corrected chi connectivity index (χ4v) is 4.66. The molecule has 2 N–H and O–H groups in total. The summed E-state index contributed by atoms with van der Waals surface area (Å²) in [6.45, 7) is 12.0. The van der Waals surface area contributed by atoms with E-state index in [1.54, 1.807) is 9.80 Å². The van der Waals surface area contributed by atoms with Gasteiger partial charge in [-0.15, -0.1) is 0 Å². The molecule has 0 spiro atoms. The van der Waals surface area contributed by atoms with Gasteiger partial charge in [-0.05, 0) is 85.4 Å². The number of likely N-dealkylation sites (tertiary alicyclic amines) is 2. The van der Waals surface area contributed by atoms with Crippen molar-refractivity contribution in [2.24, 2.45) is 0 Å². The van der Waals surface area contributed by atoms with Crippen molar-refractivity contribution in [2.75, 3.05) is 36.8 Å². The zero-order valence-corrected chi connectivity index (χ0v) is 23.5. The number of carbonyl (C=O) groups excluding carboxylic acids is 4. The number of nitrogens with zero attached hydrogens (tertiary/aromatic N) is 2. The summed E-state index contributed by atoms with van der Waals surface area (Å²) in [4.78, 5) is 54.0. The van der Waals surface area contributed by atoms with E-state index in [1.165, 1.54) is 0 Å². The van der Waals surface area contributed by atoms with E-state index < -0.39 is 23.3 Å². The van der Waals surface area contributed by atoms with Crippen molar-refractivity contribution < 1.29 is 28.7 Å². The van der Waals surface area contributed by atoms with Gasteiger partial charge in [0.1, 0.15) is 23.3 Å². The Balaban J connectivity index is 1.51. The third kappa shape index (κ3) is 8.36. The smallest absolute Gasteiger partial charge is 0.329 e. The van der Waals surface area contributed by atoms with E-state index >= 15 is 0 Å². The van der Waals surface area contributed by atoms with Crippen molar-refractivity contribution in [3.63, 3.8) is 0 Å². The quantitative estimate of drug-likeness (QED) is 0.492. The molecule has 2 amide bonds. The van der Waals surface area contributed by atoms with Crippen molar-refractivity contribution in [3.05, 3.63) is 24.3 Å². The summed E-state index contributed by atoms with van der Waals surface area (Å²) in [5, 5.41) is 6.23. The molecule has 2 atom stereocenters. The van der Waals surface area contributed by atoms with E-state index in [0.29, 0.717) is 37.3 Å². The number of ether oxygens (including phenoxy) is 2. The van der Waals surface area contributed by atoms with E-state index in [1.807, 2.05) is 65.8 Å². The number of benzene rings is 1. The molecule has 2 unspecified atom stereocenters. The predicted octanol–water partition coefficient (Wildman–Crippen LogP) is 3.18.